The molecule has 0 heterocycles. The van der Waals surface area contributed by atoms with E-state index in [9.17, 15) is 18.0 Å². The average molecular weight is 295 g/mol. The topological polar surface area (TPSA) is 55.1 Å². The van der Waals surface area contributed by atoms with E-state index in [4.69, 9.17) is 17.3 Å². The minimum absolute atomic E-state index is 0.0216. The molecule has 19 heavy (non-hydrogen) atoms. The van der Waals surface area contributed by atoms with Gasteiger partial charge in [-0.3, -0.25) is 4.79 Å². The predicted octanol–water partition coefficient (Wildman–Crippen LogP) is 3.42. The highest BCUT2D eigenvalue weighted by molar-refractivity contribution is 6.31. The number of nitrogens with two attached hydrogens (primary N) is 1. The van der Waals surface area contributed by atoms with Crippen LogP contribution in [-0.4, -0.2) is 11.9 Å². The third kappa shape index (κ3) is 4.40. The van der Waals surface area contributed by atoms with Gasteiger partial charge in [-0.25, -0.2) is 0 Å². The second-order valence-corrected chi connectivity index (χ2v) is 4.48. The first-order chi connectivity index (χ1) is 8.75. The molecule has 0 spiro atoms. The molecule has 0 aromatic heterocycles. The number of rotatable bonds is 4. The van der Waals surface area contributed by atoms with E-state index in [1.54, 1.807) is 0 Å². The number of alkyl halides is 3. The Balaban J connectivity index is 2.89. The van der Waals surface area contributed by atoms with Crippen molar-refractivity contribution in [1.29, 1.82) is 0 Å². The average Bonchev–Trinajstić information content (AvgIpc) is 2.30. The Hall–Kier alpha value is -1.27. The van der Waals surface area contributed by atoms with Crippen LogP contribution < -0.4 is 11.1 Å². The van der Waals surface area contributed by atoms with Crippen molar-refractivity contribution in [3.8, 4) is 0 Å². The van der Waals surface area contributed by atoms with Gasteiger partial charge >= 0.3 is 6.18 Å². The SMILES string of the molecule is CCCC(N)C(=O)Nc1ccc(Cl)c(C(F)(F)F)c1. The van der Waals surface area contributed by atoms with Gasteiger partial charge in [0, 0.05) is 5.69 Å². The highest BCUT2D eigenvalue weighted by Gasteiger charge is 2.33. The molecule has 0 aliphatic rings. The summed E-state index contributed by atoms with van der Waals surface area (Å²) in [5, 5.41) is 1.93. The van der Waals surface area contributed by atoms with Gasteiger partial charge in [0.05, 0.1) is 16.6 Å². The third-order valence-electron chi connectivity index (χ3n) is 2.48. The second-order valence-electron chi connectivity index (χ2n) is 4.08. The van der Waals surface area contributed by atoms with Crippen LogP contribution in [0.2, 0.25) is 5.02 Å². The number of carbonyl (C=O) groups excluding carboxylic acids is 1. The van der Waals surface area contributed by atoms with Gasteiger partial charge in [0.1, 0.15) is 0 Å². The molecule has 3 nitrogen and oxygen atoms in total. The molecule has 0 bridgehead atoms. The van der Waals surface area contributed by atoms with Gasteiger partial charge in [0.15, 0.2) is 0 Å². The van der Waals surface area contributed by atoms with Crippen LogP contribution in [-0.2, 0) is 11.0 Å². The van der Waals surface area contributed by atoms with Crippen molar-refractivity contribution in [2.24, 2.45) is 5.73 Å². The number of carbonyl (C=O) groups is 1. The summed E-state index contributed by atoms with van der Waals surface area (Å²) in [6, 6.07) is 2.44. The fourth-order valence-corrected chi connectivity index (χ4v) is 1.72. The number of hydrogen-bond acceptors (Lipinski definition) is 2. The molecule has 1 aromatic rings. The summed E-state index contributed by atoms with van der Waals surface area (Å²) in [6.07, 6.45) is -3.39. The third-order valence-corrected chi connectivity index (χ3v) is 2.81. The zero-order chi connectivity index (χ0) is 14.6. The monoisotopic (exact) mass is 294 g/mol. The molecule has 0 aliphatic carbocycles. The zero-order valence-corrected chi connectivity index (χ0v) is 11.0. The predicted molar refractivity (Wildman–Crippen MR) is 68.0 cm³/mol. The Morgan fingerprint density at radius 3 is 2.63 bits per heavy atom. The van der Waals surface area contributed by atoms with E-state index in [2.05, 4.69) is 5.32 Å². The summed E-state index contributed by atoms with van der Waals surface area (Å²) in [5.41, 5.74) is 4.60. The lowest BCUT2D eigenvalue weighted by molar-refractivity contribution is -0.137. The lowest BCUT2D eigenvalue weighted by Gasteiger charge is -2.14. The number of halogens is 4. The molecule has 0 saturated heterocycles. The van der Waals surface area contributed by atoms with Crippen molar-refractivity contribution in [1.82, 2.24) is 0 Å². The van der Waals surface area contributed by atoms with E-state index < -0.39 is 28.7 Å². The van der Waals surface area contributed by atoms with Crippen molar-refractivity contribution in [3.05, 3.63) is 28.8 Å². The maximum Gasteiger partial charge on any atom is 0.417 e. The molecule has 1 amide bonds. The molecular formula is C12H14ClF3N2O. The molecule has 1 rings (SSSR count). The first-order valence-electron chi connectivity index (χ1n) is 5.69. The Morgan fingerprint density at radius 2 is 2.11 bits per heavy atom. The van der Waals surface area contributed by atoms with Crippen LogP contribution in [0.5, 0.6) is 0 Å². The quantitative estimate of drug-likeness (QED) is 0.894. The molecule has 7 heteroatoms. The van der Waals surface area contributed by atoms with Crippen molar-refractivity contribution in [2.75, 3.05) is 5.32 Å². The number of benzene rings is 1. The van der Waals surface area contributed by atoms with Crippen LogP contribution in [0, 0.1) is 0 Å². The van der Waals surface area contributed by atoms with Crippen LogP contribution in [0.3, 0.4) is 0 Å². The molecule has 1 aromatic carbocycles. The molecule has 3 N–H and O–H groups in total. The Morgan fingerprint density at radius 1 is 1.47 bits per heavy atom. The number of nitrogens with one attached hydrogen (secondary N) is 1. The minimum atomic E-state index is -4.57. The van der Waals surface area contributed by atoms with Gasteiger partial charge in [0.2, 0.25) is 5.91 Å². The van der Waals surface area contributed by atoms with E-state index in [0.717, 1.165) is 12.1 Å². The van der Waals surface area contributed by atoms with E-state index in [0.29, 0.717) is 12.8 Å². The van der Waals surface area contributed by atoms with Gasteiger partial charge in [-0.1, -0.05) is 24.9 Å². The van der Waals surface area contributed by atoms with Crippen LogP contribution in [0.1, 0.15) is 25.3 Å². The lowest BCUT2D eigenvalue weighted by atomic mass is 10.1. The summed E-state index contributed by atoms with van der Waals surface area (Å²) in [7, 11) is 0. The fourth-order valence-electron chi connectivity index (χ4n) is 1.50. The molecule has 0 fully saturated rings. The number of anilines is 1. The Bertz CT molecular complexity index is 463. The highest BCUT2D eigenvalue weighted by atomic mass is 35.5. The first kappa shape index (κ1) is 15.8. The van der Waals surface area contributed by atoms with Gasteiger partial charge in [-0.15, -0.1) is 0 Å². The van der Waals surface area contributed by atoms with Crippen molar-refractivity contribution in [2.45, 2.75) is 32.0 Å². The normalized spacial score (nSPS) is 13.2. The van der Waals surface area contributed by atoms with Crippen molar-refractivity contribution < 1.29 is 18.0 Å². The molecule has 1 atom stereocenters. The van der Waals surface area contributed by atoms with Crippen LogP contribution >= 0.6 is 11.6 Å². The Kier molecular flexibility index (Phi) is 5.20. The summed E-state index contributed by atoms with van der Waals surface area (Å²) in [5.74, 6) is -0.516. The lowest BCUT2D eigenvalue weighted by Crippen LogP contribution is -2.35. The maximum absolute atomic E-state index is 12.6. The fraction of sp³-hybridized carbons (Fsp3) is 0.417. The highest BCUT2D eigenvalue weighted by Crippen LogP contribution is 2.36. The van der Waals surface area contributed by atoms with Gasteiger partial charge in [-0.05, 0) is 24.6 Å². The van der Waals surface area contributed by atoms with Crippen LogP contribution in [0.25, 0.3) is 0 Å². The summed E-state index contributed by atoms with van der Waals surface area (Å²) in [6.45, 7) is 1.86. The molecule has 106 valence electrons. The van der Waals surface area contributed by atoms with Crippen molar-refractivity contribution in [3.63, 3.8) is 0 Å². The van der Waals surface area contributed by atoms with Crippen molar-refractivity contribution >= 4 is 23.2 Å². The largest absolute Gasteiger partial charge is 0.417 e. The standard InChI is InChI=1S/C12H14ClF3N2O/c1-2-3-10(17)11(19)18-7-4-5-9(13)8(6-7)12(14,15)16/h4-6,10H,2-3,17H2,1H3,(H,18,19). The minimum Gasteiger partial charge on any atom is -0.325 e. The van der Waals surface area contributed by atoms with Gasteiger partial charge < -0.3 is 11.1 Å². The van der Waals surface area contributed by atoms with Crippen LogP contribution in [0.15, 0.2) is 18.2 Å². The smallest absolute Gasteiger partial charge is 0.325 e. The van der Waals surface area contributed by atoms with E-state index >= 15 is 0 Å². The second kappa shape index (κ2) is 6.25. The number of amides is 1. The van der Waals surface area contributed by atoms with Crippen LogP contribution in [0.4, 0.5) is 18.9 Å². The van der Waals surface area contributed by atoms with E-state index in [-0.39, 0.29) is 5.69 Å². The van der Waals surface area contributed by atoms with Gasteiger partial charge in [-0.2, -0.15) is 13.2 Å². The molecular weight excluding hydrogens is 281 g/mol. The molecule has 0 saturated carbocycles. The Labute approximate surface area is 113 Å². The summed E-state index contributed by atoms with van der Waals surface area (Å²) >= 11 is 5.47. The van der Waals surface area contributed by atoms with E-state index in [1.165, 1.54) is 6.07 Å². The number of hydrogen-bond donors (Lipinski definition) is 2. The molecule has 0 radical (unpaired) electrons. The maximum atomic E-state index is 12.6. The van der Waals surface area contributed by atoms with Gasteiger partial charge in [0.25, 0.3) is 0 Å². The summed E-state index contributed by atoms with van der Waals surface area (Å²) in [4.78, 5) is 11.6. The molecule has 0 aliphatic heterocycles. The zero-order valence-electron chi connectivity index (χ0n) is 10.2. The van der Waals surface area contributed by atoms with E-state index in [1.807, 2.05) is 6.92 Å². The molecule has 1 unspecified atom stereocenters. The first-order valence-corrected chi connectivity index (χ1v) is 6.06. The summed E-state index contributed by atoms with van der Waals surface area (Å²) < 4.78 is 37.9.